The highest BCUT2D eigenvalue weighted by Gasteiger charge is 2.34. The fraction of sp³-hybridized carbons (Fsp3) is 0.385. The lowest BCUT2D eigenvalue weighted by Crippen LogP contribution is -2.42. The van der Waals surface area contributed by atoms with Gasteiger partial charge in [0.05, 0.1) is 12.2 Å². The molecule has 1 atom stereocenters. The van der Waals surface area contributed by atoms with Gasteiger partial charge in [0.1, 0.15) is 6.10 Å². The Bertz CT molecular complexity index is 1140. The minimum absolute atomic E-state index is 0.0139. The van der Waals surface area contributed by atoms with Crippen molar-refractivity contribution >= 4 is 11.8 Å². The second-order valence-corrected chi connectivity index (χ2v) is 8.75. The maximum absolute atomic E-state index is 13.2. The lowest BCUT2D eigenvalue weighted by molar-refractivity contribution is -0.141. The molecule has 2 amide bonds. The number of fused-ring (bicyclic) bond motifs is 1. The number of nitrogens with zero attached hydrogens (tertiary/aromatic N) is 4. The van der Waals surface area contributed by atoms with Gasteiger partial charge in [-0.25, -0.2) is 0 Å². The zero-order valence-corrected chi connectivity index (χ0v) is 19.2. The topological polar surface area (TPSA) is 89.4 Å². The van der Waals surface area contributed by atoms with E-state index >= 15 is 0 Å². The van der Waals surface area contributed by atoms with Gasteiger partial charge in [-0.05, 0) is 37.0 Å². The molecule has 2 aliphatic heterocycles. The molecule has 4 heterocycles. The number of aromatic nitrogens is 3. The van der Waals surface area contributed by atoms with Gasteiger partial charge in [-0.15, -0.1) is 0 Å². The first-order chi connectivity index (χ1) is 16.7. The molecule has 8 heteroatoms. The highest BCUT2D eigenvalue weighted by atomic mass is 16.5. The summed E-state index contributed by atoms with van der Waals surface area (Å²) < 4.78 is 7.57. The summed E-state index contributed by atoms with van der Waals surface area (Å²) in [4.78, 5) is 32.2. The van der Waals surface area contributed by atoms with Crippen molar-refractivity contribution in [2.45, 2.75) is 51.4 Å². The van der Waals surface area contributed by atoms with Crippen LogP contribution in [-0.2, 0) is 42.0 Å². The van der Waals surface area contributed by atoms with E-state index in [1.807, 2.05) is 46.0 Å². The van der Waals surface area contributed by atoms with Crippen LogP contribution in [0.3, 0.4) is 0 Å². The Labute approximate surface area is 198 Å². The van der Waals surface area contributed by atoms with Gasteiger partial charge in [0, 0.05) is 50.1 Å². The van der Waals surface area contributed by atoms with Gasteiger partial charge in [0.15, 0.2) is 5.69 Å². The molecular formula is C26H29N5O3. The van der Waals surface area contributed by atoms with E-state index in [0.717, 1.165) is 36.2 Å². The number of benzene rings is 1. The number of carbonyl (C=O) groups is 2. The van der Waals surface area contributed by atoms with Crippen LogP contribution in [0.25, 0.3) is 0 Å². The van der Waals surface area contributed by atoms with E-state index in [0.29, 0.717) is 44.9 Å². The van der Waals surface area contributed by atoms with Gasteiger partial charge >= 0.3 is 0 Å². The minimum atomic E-state index is -0.365. The largest absolute Gasteiger partial charge is 0.368 e. The fourth-order valence-electron chi connectivity index (χ4n) is 4.66. The average molecular weight is 460 g/mol. The first kappa shape index (κ1) is 22.3. The Morgan fingerprint density at radius 2 is 1.97 bits per heavy atom. The Morgan fingerprint density at radius 3 is 2.74 bits per heavy atom. The summed E-state index contributed by atoms with van der Waals surface area (Å²) in [5.74, 6) is -0.230. The number of hydrogen-bond donors (Lipinski definition) is 1. The molecule has 2 aliphatic rings. The number of hydrogen-bond acceptors (Lipinski definition) is 5. The van der Waals surface area contributed by atoms with Crippen molar-refractivity contribution in [3.05, 3.63) is 82.9 Å². The molecule has 3 aromatic rings. The van der Waals surface area contributed by atoms with Crippen molar-refractivity contribution in [3.8, 4) is 0 Å². The zero-order valence-electron chi connectivity index (χ0n) is 19.2. The summed E-state index contributed by atoms with van der Waals surface area (Å²) in [7, 11) is 0. The third-order valence-corrected chi connectivity index (χ3v) is 6.48. The molecule has 176 valence electrons. The SMILES string of the molecule is O=C(NCc1ccccn1)c1nn(CCc2ccccc2)c2c1CN(C(=O)C1CCCO1)CC2. The predicted octanol–water partition coefficient (Wildman–Crippen LogP) is 2.51. The van der Waals surface area contributed by atoms with Crippen molar-refractivity contribution in [1.29, 1.82) is 0 Å². The smallest absolute Gasteiger partial charge is 0.272 e. The van der Waals surface area contributed by atoms with Gasteiger partial charge in [-0.3, -0.25) is 19.3 Å². The molecule has 1 aromatic carbocycles. The Morgan fingerprint density at radius 1 is 1.12 bits per heavy atom. The van der Waals surface area contributed by atoms with Crippen LogP contribution in [0.5, 0.6) is 0 Å². The van der Waals surface area contributed by atoms with Crippen LogP contribution in [0, 0.1) is 0 Å². The average Bonchev–Trinajstić information content (AvgIpc) is 3.55. The number of aryl methyl sites for hydroxylation is 2. The highest BCUT2D eigenvalue weighted by Crippen LogP contribution is 2.26. The van der Waals surface area contributed by atoms with Gasteiger partial charge in [-0.1, -0.05) is 36.4 Å². The Hall–Kier alpha value is -3.52. The molecule has 0 radical (unpaired) electrons. The van der Waals surface area contributed by atoms with Crippen molar-refractivity contribution in [2.24, 2.45) is 0 Å². The molecule has 0 saturated carbocycles. The van der Waals surface area contributed by atoms with Crippen molar-refractivity contribution in [1.82, 2.24) is 25.0 Å². The Kier molecular flexibility index (Phi) is 6.67. The van der Waals surface area contributed by atoms with Crippen molar-refractivity contribution < 1.29 is 14.3 Å². The second-order valence-electron chi connectivity index (χ2n) is 8.75. The molecule has 8 nitrogen and oxygen atoms in total. The minimum Gasteiger partial charge on any atom is -0.368 e. The first-order valence-electron chi connectivity index (χ1n) is 11.9. The van der Waals surface area contributed by atoms with E-state index in [4.69, 9.17) is 9.84 Å². The molecule has 1 fully saturated rings. The number of pyridine rings is 1. The van der Waals surface area contributed by atoms with Crippen LogP contribution in [0.15, 0.2) is 54.7 Å². The lowest BCUT2D eigenvalue weighted by Gasteiger charge is -2.29. The van der Waals surface area contributed by atoms with Crippen molar-refractivity contribution in [3.63, 3.8) is 0 Å². The standard InChI is InChI=1S/C26H29N5O3/c32-25(28-17-20-9-4-5-13-27-20)24-21-18-30(26(33)23-10-6-16-34-23)14-12-22(21)31(29-24)15-11-19-7-2-1-3-8-19/h1-5,7-9,13,23H,6,10-12,14-18H2,(H,28,32). The summed E-state index contributed by atoms with van der Waals surface area (Å²) in [5, 5.41) is 7.67. The molecule has 0 spiro atoms. The third-order valence-electron chi connectivity index (χ3n) is 6.48. The monoisotopic (exact) mass is 459 g/mol. The first-order valence-corrected chi connectivity index (χ1v) is 11.9. The van der Waals surface area contributed by atoms with Crippen LogP contribution in [0.2, 0.25) is 0 Å². The quantitative estimate of drug-likeness (QED) is 0.587. The van der Waals surface area contributed by atoms with E-state index in [9.17, 15) is 9.59 Å². The maximum atomic E-state index is 13.2. The van der Waals surface area contributed by atoms with Crippen LogP contribution in [0.4, 0.5) is 0 Å². The van der Waals surface area contributed by atoms with Crippen LogP contribution < -0.4 is 5.32 Å². The molecule has 34 heavy (non-hydrogen) atoms. The Balaban J connectivity index is 1.37. The molecule has 1 N–H and O–H groups in total. The molecule has 5 rings (SSSR count). The molecule has 1 unspecified atom stereocenters. The normalized spacial score (nSPS) is 17.4. The molecular weight excluding hydrogens is 430 g/mol. The second kappa shape index (κ2) is 10.2. The fourth-order valence-corrected chi connectivity index (χ4v) is 4.66. The lowest BCUT2D eigenvalue weighted by atomic mass is 10.0. The summed E-state index contributed by atoms with van der Waals surface area (Å²) in [6.07, 6.45) is 4.50. The number of ether oxygens (including phenoxy) is 1. The molecule has 0 aliphatic carbocycles. The summed E-state index contributed by atoms with van der Waals surface area (Å²) in [6.45, 7) is 2.63. The van der Waals surface area contributed by atoms with E-state index in [-0.39, 0.29) is 17.9 Å². The number of rotatable bonds is 7. The van der Waals surface area contributed by atoms with E-state index in [1.54, 1.807) is 6.20 Å². The van der Waals surface area contributed by atoms with Crippen LogP contribution >= 0.6 is 0 Å². The number of amides is 2. The summed E-state index contributed by atoms with van der Waals surface area (Å²) in [6, 6.07) is 15.9. The van der Waals surface area contributed by atoms with E-state index in [1.165, 1.54) is 5.56 Å². The van der Waals surface area contributed by atoms with Gasteiger partial charge in [-0.2, -0.15) is 5.10 Å². The van der Waals surface area contributed by atoms with Crippen molar-refractivity contribution in [2.75, 3.05) is 13.2 Å². The maximum Gasteiger partial charge on any atom is 0.272 e. The summed E-state index contributed by atoms with van der Waals surface area (Å²) in [5.41, 5.74) is 4.27. The summed E-state index contributed by atoms with van der Waals surface area (Å²) >= 11 is 0. The van der Waals surface area contributed by atoms with Crippen LogP contribution in [-0.4, -0.2) is 50.7 Å². The molecule has 1 saturated heterocycles. The zero-order chi connectivity index (χ0) is 23.3. The number of nitrogens with one attached hydrogen (secondary N) is 1. The van der Waals surface area contributed by atoms with Crippen LogP contribution in [0.1, 0.15) is 45.8 Å². The van der Waals surface area contributed by atoms with Gasteiger partial charge < -0.3 is 15.0 Å². The predicted molar refractivity (Wildman–Crippen MR) is 126 cm³/mol. The van der Waals surface area contributed by atoms with Gasteiger partial charge in [0.25, 0.3) is 11.8 Å². The van der Waals surface area contributed by atoms with Gasteiger partial charge in [0.2, 0.25) is 0 Å². The highest BCUT2D eigenvalue weighted by molar-refractivity contribution is 5.94. The van der Waals surface area contributed by atoms with E-state index in [2.05, 4.69) is 22.4 Å². The third kappa shape index (κ3) is 4.87. The molecule has 0 bridgehead atoms. The molecule has 2 aromatic heterocycles. The number of carbonyl (C=O) groups excluding carboxylic acids is 2. The van der Waals surface area contributed by atoms with E-state index < -0.39 is 0 Å².